The van der Waals surface area contributed by atoms with Gasteiger partial charge in [-0.15, -0.1) is 0 Å². The molecule has 0 radical (unpaired) electrons. The Morgan fingerprint density at radius 3 is 2.48 bits per heavy atom. The van der Waals surface area contributed by atoms with Gasteiger partial charge in [0.2, 0.25) is 0 Å². The van der Waals surface area contributed by atoms with Gasteiger partial charge in [0.15, 0.2) is 0 Å². The molecule has 2 rings (SSSR count). The number of ether oxygens (including phenoxy) is 2. The summed E-state index contributed by atoms with van der Waals surface area (Å²) in [5.41, 5.74) is -1.59. The molecule has 0 aromatic heterocycles. The van der Waals surface area contributed by atoms with Crippen molar-refractivity contribution in [1.82, 2.24) is 5.32 Å². The van der Waals surface area contributed by atoms with Gasteiger partial charge in [0.25, 0.3) is 0 Å². The number of aliphatic hydroxyl groups is 5. The van der Waals surface area contributed by atoms with Crippen molar-refractivity contribution in [3.63, 3.8) is 0 Å². The summed E-state index contributed by atoms with van der Waals surface area (Å²) < 4.78 is 10.2. The molecule has 1 spiro atoms. The molecule has 7 atom stereocenters. The molecule has 0 bridgehead atoms. The van der Waals surface area contributed by atoms with Gasteiger partial charge in [-0.1, -0.05) is 0 Å². The third-order valence-corrected chi connectivity index (χ3v) is 4.22. The van der Waals surface area contributed by atoms with Gasteiger partial charge in [-0.2, -0.15) is 0 Å². The summed E-state index contributed by atoms with van der Waals surface area (Å²) in [6, 6.07) is -1.68. The van der Waals surface area contributed by atoms with Crippen LogP contribution in [0.3, 0.4) is 0 Å². The Bertz CT molecular complexity index is 391. The molecular formula is C12H21NO8. The van der Waals surface area contributed by atoms with Gasteiger partial charge in [-0.25, -0.2) is 0 Å². The van der Waals surface area contributed by atoms with Crippen LogP contribution in [0.5, 0.6) is 0 Å². The predicted octanol–water partition coefficient (Wildman–Crippen LogP) is -3.91. The Morgan fingerprint density at radius 1 is 1.29 bits per heavy atom. The third-order valence-electron chi connectivity index (χ3n) is 4.22. The Morgan fingerprint density at radius 2 is 1.95 bits per heavy atom. The fourth-order valence-electron chi connectivity index (χ4n) is 3.11. The highest BCUT2D eigenvalue weighted by Gasteiger charge is 2.63. The van der Waals surface area contributed by atoms with Crippen LogP contribution in [0, 0.1) is 0 Å². The Hall–Kier alpha value is -0.810. The van der Waals surface area contributed by atoms with E-state index < -0.39 is 54.7 Å². The minimum absolute atomic E-state index is 0.0186. The molecule has 2 aliphatic rings. The van der Waals surface area contributed by atoms with E-state index in [4.69, 9.17) is 4.74 Å². The molecule has 2 saturated heterocycles. The summed E-state index contributed by atoms with van der Waals surface area (Å²) in [5, 5.41) is 51.3. The standard InChI is InChI=1S/C12H21NO8/c1-20-11(19)9-12(2-5(3-14)13-9)10(18)8(17)7(16)6(4-15)21-12/h5-10,13-18H,2-4H2,1H3/t5-,6-,7-,8+,9-,10?,12+/m1/s1. The molecule has 2 aliphatic heterocycles. The summed E-state index contributed by atoms with van der Waals surface area (Å²) in [6.07, 6.45) is -5.80. The largest absolute Gasteiger partial charge is 0.468 e. The number of carbonyl (C=O) groups is 1. The molecule has 9 nitrogen and oxygen atoms in total. The maximum Gasteiger partial charge on any atom is 0.326 e. The normalized spacial score (nSPS) is 46.8. The highest BCUT2D eigenvalue weighted by molar-refractivity contribution is 5.78. The molecule has 21 heavy (non-hydrogen) atoms. The molecular weight excluding hydrogens is 286 g/mol. The average molecular weight is 307 g/mol. The number of nitrogens with one attached hydrogen (secondary N) is 1. The Balaban J connectivity index is 2.37. The molecule has 2 heterocycles. The van der Waals surface area contributed by atoms with Crippen LogP contribution in [0.15, 0.2) is 0 Å². The SMILES string of the molecule is COC(=O)[C@H]1N[C@@H](CO)C[C@]12O[C@H](CO)[C@@H](O)[C@H](O)C2O. The zero-order chi connectivity index (χ0) is 15.8. The van der Waals surface area contributed by atoms with Gasteiger partial charge in [-0.3, -0.25) is 10.1 Å². The Labute approximate surface area is 121 Å². The highest BCUT2D eigenvalue weighted by atomic mass is 16.6. The quantitative estimate of drug-likeness (QED) is 0.288. The number of hydrogen-bond donors (Lipinski definition) is 6. The lowest BCUT2D eigenvalue weighted by Crippen LogP contribution is -2.70. The van der Waals surface area contributed by atoms with E-state index in [9.17, 15) is 30.3 Å². The van der Waals surface area contributed by atoms with E-state index in [-0.39, 0.29) is 13.0 Å². The van der Waals surface area contributed by atoms with Gasteiger partial charge in [0, 0.05) is 6.04 Å². The van der Waals surface area contributed by atoms with E-state index in [1.807, 2.05) is 0 Å². The zero-order valence-corrected chi connectivity index (χ0v) is 11.5. The zero-order valence-electron chi connectivity index (χ0n) is 11.5. The van der Waals surface area contributed by atoms with Gasteiger partial charge in [-0.05, 0) is 6.42 Å². The fourth-order valence-corrected chi connectivity index (χ4v) is 3.11. The van der Waals surface area contributed by atoms with Crippen molar-refractivity contribution in [3.8, 4) is 0 Å². The second kappa shape index (κ2) is 6.13. The number of methoxy groups -OCH3 is 1. The van der Waals surface area contributed by atoms with Crippen molar-refractivity contribution in [1.29, 1.82) is 0 Å². The molecule has 122 valence electrons. The summed E-state index contributed by atoms with van der Waals surface area (Å²) in [5.74, 6) is -0.731. The second-order valence-electron chi connectivity index (χ2n) is 5.43. The molecule has 1 unspecified atom stereocenters. The van der Waals surface area contributed by atoms with Crippen molar-refractivity contribution in [3.05, 3.63) is 0 Å². The van der Waals surface area contributed by atoms with Crippen molar-refractivity contribution in [2.24, 2.45) is 0 Å². The first-order valence-corrected chi connectivity index (χ1v) is 6.69. The summed E-state index contributed by atoms with van der Waals surface area (Å²) in [7, 11) is 1.16. The maximum absolute atomic E-state index is 11.9. The highest BCUT2D eigenvalue weighted by Crippen LogP contribution is 2.40. The van der Waals surface area contributed by atoms with Crippen LogP contribution in [0.25, 0.3) is 0 Å². The maximum atomic E-state index is 11.9. The minimum atomic E-state index is -1.60. The number of aliphatic hydroxyl groups excluding tert-OH is 5. The fraction of sp³-hybridized carbons (Fsp3) is 0.917. The van der Waals surface area contributed by atoms with Crippen molar-refractivity contribution >= 4 is 5.97 Å². The van der Waals surface area contributed by atoms with E-state index in [1.54, 1.807) is 0 Å². The predicted molar refractivity (Wildman–Crippen MR) is 67.1 cm³/mol. The van der Waals surface area contributed by atoms with E-state index in [0.717, 1.165) is 7.11 Å². The third kappa shape index (κ3) is 2.55. The van der Waals surface area contributed by atoms with Gasteiger partial charge in [0.1, 0.15) is 36.1 Å². The number of esters is 1. The summed E-state index contributed by atoms with van der Waals surface area (Å²) in [4.78, 5) is 11.9. The van der Waals surface area contributed by atoms with Crippen LogP contribution in [0.1, 0.15) is 6.42 Å². The lowest BCUT2D eigenvalue weighted by Gasteiger charge is -2.48. The monoisotopic (exact) mass is 307 g/mol. The minimum Gasteiger partial charge on any atom is -0.468 e. The van der Waals surface area contributed by atoms with E-state index >= 15 is 0 Å². The van der Waals surface area contributed by atoms with Crippen LogP contribution in [0.4, 0.5) is 0 Å². The summed E-state index contributed by atoms with van der Waals surface area (Å²) >= 11 is 0. The number of hydrogen-bond acceptors (Lipinski definition) is 9. The first-order valence-electron chi connectivity index (χ1n) is 6.69. The van der Waals surface area contributed by atoms with Crippen molar-refractivity contribution in [2.45, 2.75) is 48.5 Å². The first kappa shape index (κ1) is 16.6. The molecule has 6 N–H and O–H groups in total. The van der Waals surface area contributed by atoms with E-state index in [2.05, 4.69) is 10.1 Å². The van der Waals surface area contributed by atoms with Crippen LogP contribution in [-0.4, -0.2) is 93.9 Å². The van der Waals surface area contributed by atoms with Gasteiger partial charge < -0.3 is 35.0 Å². The number of carbonyl (C=O) groups excluding carboxylic acids is 1. The van der Waals surface area contributed by atoms with Crippen LogP contribution in [0.2, 0.25) is 0 Å². The van der Waals surface area contributed by atoms with E-state index in [1.165, 1.54) is 0 Å². The van der Waals surface area contributed by atoms with Crippen LogP contribution >= 0.6 is 0 Å². The summed E-state index contributed by atoms with van der Waals surface area (Å²) in [6.45, 7) is -0.905. The molecule has 0 saturated carbocycles. The van der Waals surface area contributed by atoms with Gasteiger partial charge >= 0.3 is 5.97 Å². The first-order chi connectivity index (χ1) is 9.91. The second-order valence-corrected chi connectivity index (χ2v) is 5.43. The molecule has 9 heteroatoms. The lowest BCUT2D eigenvalue weighted by atomic mass is 9.79. The van der Waals surface area contributed by atoms with Gasteiger partial charge in [0.05, 0.1) is 20.3 Å². The molecule has 2 fully saturated rings. The molecule has 0 aromatic carbocycles. The molecule has 0 aromatic rings. The van der Waals surface area contributed by atoms with Crippen LogP contribution < -0.4 is 5.32 Å². The smallest absolute Gasteiger partial charge is 0.326 e. The molecule has 0 aliphatic carbocycles. The average Bonchev–Trinajstić information content (AvgIpc) is 2.88. The number of rotatable bonds is 3. The Kier molecular flexibility index (Phi) is 4.83. The van der Waals surface area contributed by atoms with Crippen LogP contribution in [-0.2, 0) is 14.3 Å². The van der Waals surface area contributed by atoms with Crippen molar-refractivity contribution in [2.75, 3.05) is 20.3 Å². The topological polar surface area (TPSA) is 149 Å². The van der Waals surface area contributed by atoms with Crippen molar-refractivity contribution < 1.29 is 39.8 Å². The molecule has 0 amide bonds. The lowest BCUT2D eigenvalue weighted by molar-refractivity contribution is -0.276. The van der Waals surface area contributed by atoms with E-state index in [0.29, 0.717) is 0 Å².